The zero-order chi connectivity index (χ0) is 10.1. The first-order chi connectivity index (χ1) is 5.88. The molecule has 0 saturated carbocycles. The van der Waals surface area contributed by atoms with Crippen molar-refractivity contribution in [3.05, 3.63) is 23.5 Å². The largest absolute Gasteiger partial charge is 0.443 e. The summed E-state index contributed by atoms with van der Waals surface area (Å²) < 4.78 is 6.42. The van der Waals surface area contributed by atoms with Crippen LogP contribution in [0.15, 0.2) is 18.5 Å². The minimum atomic E-state index is -0.478. The van der Waals surface area contributed by atoms with Crippen LogP contribution < -0.4 is 0 Å². The van der Waals surface area contributed by atoms with Gasteiger partial charge in [0.2, 0.25) is 0 Å². The Morgan fingerprint density at radius 3 is 2.54 bits per heavy atom. The van der Waals surface area contributed by atoms with E-state index >= 15 is 0 Å². The summed E-state index contributed by atoms with van der Waals surface area (Å²) in [6, 6.07) is 1.63. The van der Waals surface area contributed by atoms with E-state index in [0.717, 1.165) is 0 Å². The Kier molecular flexibility index (Phi) is 2.66. The summed E-state index contributed by atoms with van der Waals surface area (Å²) in [5.41, 5.74) is -0.478. The van der Waals surface area contributed by atoms with Crippen LogP contribution in [0, 0.1) is 0 Å². The summed E-state index contributed by atoms with van der Waals surface area (Å²) in [7, 11) is 0. The van der Waals surface area contributed by atoms with Gasteiger partial charge in [-0.15, -0.1) is 0 Å². The van der Waals surface area contributed by atoms with E-state index in [0.29, 0.717) is 5.02 Å². The Labute approximate surface area is 82.3 Å². The molecule has 0 radical (unpaired) electrons. The molecule has 0 amide bonds. The van der Waals surface area contributed by atoms with Crippen molar-refractivity contribution in [2.45, 2.75) is 26.4 Å². The van der Waals surface area contributed by atoms with Gasteiger partial charge in [-0.1, -0.05) is 11.6 Å². The van der Waals surface area contributed by atoms with Gasteiger partial charge in [-0.2, -0.15) is 0 Å². The van der Waals surface area contributed by atoms with Crippen LogP contribution in [0.5, 0.6) is 0 Å². The summed E-state index contributed by atoms with van der Waals surface area (Å²) in [6.07, 6.45) is 2.66. The second-order valence-corrected chi connectivity index (χ2v) is 4.15. The van der Waals surface area contributed by atoms with Gasteiger partial charge >= 0.3 is 6.09 Å². The lowest BCUT2D eigenvalue weighted by Crippen LogP contribution is -2.26. The fourth-order valence-corrected chi connectivity index (χ4v) is 0.960. The van der Waals surface area contributed by atoms with Crippen LogP contribution in [0.25, 0.3) is 0 Å². The second-order valence-electron chi connectivity index (χ2n) is 3.72. The molecule has 0 fully saturated rings. The van der Waals surface area contributed by atoms with Gasteiger partial charge in [-0.05, 0) is 26.8 Å². The third kappa shape index (κ3) is 3.11. The molecule has 72 valence electrons. The number of hydrogen-bond donors (Lipinski definition) is 0. The van der Waals surface area contributed by atoms with E-state index in [2.05, 4.69) is 0 Å². The Hall–Kier alpha value is -0.960. The van der Waals surface area contributed by atoms with Crippen LogP contribution in [0.2, 0.25) is 5.02 Å². The van der Waals surface area contributed by atoms with E-state index in [-0.39, 0.29) is 0 Å². The van der Waals surface area contributed by atoms with Gasteiger partial charge in [-0.3, -0.25) is 4.57 Å². The Bertz CT molecular complexity index is 312. The van der Waals surface area contributed by atoms with Crippen LogP contribution in [-0.2, 0) is 4.74 Å². The van der Waals surface area contributed by atoms with Gasteiger partial charge in [0.25, 0.3) is 0 Å². The molecular formula is C9H12ClNO2. The number of hydrogen-bond acceptors (Lipinski definition) is 2. The zero-order valence-electron chi connectivity index (χ0n) is 7.87. The topological polar surface area (TPSA) is 31.2 Å². The van der Waals surface area contributed by atoms with Crippen LogP contribution >= 0.6 is 11.6 Å². The van der Waals surface area contributed by atoms with Gasteiger partial charge in [0.1, 0.15) is 5.60 Å². The third-order valence-corrected chi connectivity index (χ3v) is 1.48. The molecule has 0 aliphatic rings. The molecule has 4 heteroatoms. The van der Waals surface area contributed by atoms with E-state index < -0.39 is 11.7 Å². The van der Waals surface area contributed by atoms with Crippen LogP contribution in [0.4, 0.5) is 4.79 Å². The second kappa shape index (κ2) is 3.42. The zero-order valence-corrected chi connectivity index (χ0v) is 8.63. The first kappa shape index (κ1) is 10.1. The van der Waals surface area contributed by atoms with E-state index in [9.17, 15) is 4.79 Å². The average molecular weight is 202 g/mol. The molecule has 1 aromatic rings. The summed E-state index contributed by atoms with van der Waals surface area (Å²) in [5, 5.41) is 0.519. The number of ether oxygens (including phenoxy) is 1. The van der Waals surface area contributed by atoms with Crippen molar-refractivity contribution < 1.29 is 9.53 Å². The molecule has 0 saturated heterocycles. The lowest BCUT2D eigenvalue weighted by atomic mass is 10.2. The Morgan fingerprint density at radius 1 is 1.54 bits per heavy atom. The first-order valence-corrected chi connectivity index (χ1v) is 4.33. The monoisotopic (exact) mass is 201 g/mol. The van der Waals surface area contributed by atoms with Crippen molar-refractivity contribution in [2.75, 3.05) is 0 Å². The van der Waals surface area contributed by atoms with E-state index in [1.165, 1.54) is 10.8 Å². The fourth-order valence-electron chi connectivity index (χ4n) is 0.799. The normalized spacial score (nSPS) is 11.4. The van der Waals surface area contributed by atoms with E-state index in [1.54, 1.807) is 12.3 Å². The highest BCUT2D eigenvalue weighted by Crippen LogP contribution is 2.12. The maximum atomic E-state index is 11.4. The number of aromatic nitrogens is 1. The minimum absolute atomic E-state index is 0.417. The SMILES string of the molecule is CC(C)(C)OC(=O)n1ccc(Cl)c1. The summed E-state index contributed by atoms with van der Waals surface area (Å²) in [6.45, 7) is 5.45. The highest BCUT2D eigenvalue weighted by Gasteiger charge is 2.17. The number of carbonyl (C=O) groups excluding carboxylic acids is 1. The summed E-state index contributed by atoms with van der Waals surface area (Å²) in [4.78, 5) is 11.4. The summed E-state index contributed by atoms with van der Waals surface area (Å²) >= 11 is 5.65. The molecule has 3 nitrogen and oxygen atoms in total. The molecule has 13 heavy (non-hydrogen) atoms. The number of nitrogens with zero attached hydrogens (tertiary/aromatic N) is 1. The predicted molar refractivity (Wildman–Crippen MR) is 51.1 cm³/mol. The Balaban J connectivity index is 2.70. The molecule has 0 unspecified atom stereocenters. The van der Waals surface area contributed by atoms with Crippen molar-refractivity contribution in [2.24, 2.45) is 0 Å². The fraction of sp³-hybridized carbons (Fsp3) is 0.444. The van der Waals surface area contributed by atoms with Crippen molar-refractivity contribution >= 4 is 17.7 Å². The molecule has 0 aromatic carbocycles. The van der Waals surface area contributed by atoms with Crippen LogP contribution in [-0.4, -0.2) is 16.3 Å². The smallest absolute Gasteiger partial charge is 0.418 e. The van der Waals surface area contributed by atoms with Gasteiger partial charge in [0.05, 0.1) is 5.02 Å². The highest BCUT2D eigenvalue weighted by molar-refractivity contribution is 6.30. The predicted octanol–water partition coefficient (Wildman–Crippen LogP) is 2.92. The maximum Gasteiger partial charge on any atom is 0.418 e. The first-order valence-electron chi connectivity index (χ1n) is 3.95. The molecule has 0 N–H and O–H groups in total. The third-order valence-electron chi connectivity index (χ3n) is 1.26. The van der Waals surface area contributed by atoms with Gasteiger partial charge in [-0.25, -0.2) is 4.79 Å². The van der Waals surface area contributed by atoms with E-state index in [4.69, 9.17) is 16.3 Å². The molecule has 1 heterocycles. The number of carbonyl (C=O) groups is 1. The average Bonchev–Trinajstić information content (AvgIpc) is 2.31. The quantitative estimate of drug-likeness (QED) is 0.646. The van der Waals surface area contributed by atoms with Crippen molar-refractivity contribution in [3.63, 3.8) is 0 Å². The van der Waals surface area contributed by atoms with Crippen molar-refractivity contribution in [1.82, 2.24) is 4.57 Å². The molecule has 0 bridgehead atoms. The molecule has 0 aliphatic heterocycles. The lowest BCUT2D eigenvalue weighted by molar-refractivity contribution is 0.0537. The van der Waals surface area contributed by atoms with Crippen molar-refractivity contribution in [1.29, 1.82) is 0 Å². The Morgan fingerprint density at radius 2 is 2.15 bits per heavy atom. The number of rotatable bonds is 0. The van der Waals surface area contributed by atoms with Crippen LogP contribution in [0.3, 0.4) is 0 Å². The molecule has 0 spiro atoms. The van der Waals surface area contributed by atoms with Crippen molar-refractivity contribution in [3.8, 4) is 0 Å². The minimum Gasteiger partial charge on any atom is -0.443 e. The van der Waals surface area contributed by atoms with E-state index in [1.807, 2.05) is 20.8 Å². The maximum absolute atomic E-state index is 11.4. The van der Waals surface area contributed by atoms with Gasteiger partial charge in [0, 0.05) is 12.4 Å². The number of halogens is 1. The standard InChI is InChI=1S/C9H12ClNO2/c1-9(2,3)13-8(12)11-5-4-7(10)6-11/h4-6H,1-3H3. The highest BCUT2D eigenvalue weighted by atomic mass is 35.5. The van der Waals surface area contributed by atoms with Crippen LogP contribution in [0.1, 0.15) is 20.8 Å². The molecule has 1 aromatic heterocycles. The van der Waals surface area contributed by atoms with Gasteiger partial charge < -0.3 is 4.74 Å². The summed E-state index contributed by atoms with van der Waals surface area (Å²) in [5.74, 6) is 0. The lowest BCUT2D eigenvalue weighted by Gasteiger charge is -2.19. The molecule has 0 atom stereocenters. The molecule has 0 aliphatic carbocycles. The molecular weight excluding hydrogens is 190 g/mol. The molecule has 1 rings (SSSR count). The van der Waals surface area contributed by atoms with Gasteiger partial charge in [0.15, 0.2) is 0 Å².